The number of nitro groups is 2. The number of benzene rings is 1. The third-order valence-electron chi connectivity index (χ3n) is 2.37. The van der Waals surface area contributed by atoms with Crippen molar-refractivity contribution in [2.75, 3.05) is 0 Å². The fourth-order valence-electron chi connectivity index (χ4n) is 1.56. The van der Waals surface area contributed by atoms with Crippen LogP contribution in [0.15, 0.2) is 36.9 Å². The zero-order chi connectivity index (χ0) is 14.0. The largest absolute Gasteiger partial charge is 0.289 e. The quantitative estimate of drug-likeness (QED) is 0.608. The Kier molecular flexibility index (Phi) is 3.02. The minimum atomic E-state index is -0.878. The van der Waals surface area contributed by atoms with Crippen LogP contribution < -0.4 is 0 Å². The lowest BCUT2D eigenvalue weighted by atomic mass is 10.1. The molecule has 0 bridgehead atoms. The Morgan fingerprint density at radius 1 is 1.16 bits per heavy atom. The summed E-state index contributed by atoms with van der Waals surface area (Å²) in [7, 11) is 0. The van der Waals surface area contributed by atoms with Gasteiger partial charge in [-0.3, -0.25) is 29.6 Å². The van der Waals surface area contributed by atoms with E-state index in [1.165, 1.54) is 12.4 Å². The first kappa shape index (κ1) is 12.4. The molecule has 0 fully saturated rings. The maximum Gasteiger partial charge on any atom is 0.289 e. The third-order valence-corrected chi connectivity index (χ3v) is 2.37. The van der Waals surface area contributed by atoms with Gasteiger partial charge in [0.15, 0.2) is 5.56 Å². The van der Waals surface area contributed by atoms with Crippen molar-refractivity contribution in [3.63, 3.8) is 0 Å². The van der Waals surface area contributed by atoms with Crippen molar-refractivity contribution < 1.29 is 14.6 Å². The summed E-state index contributed by atoms with van der Waals surface area (Å²) in [5.74, 6) is -0.878. The number of hydrogen-bond donors (Lipinski definition) is 0. The van der Waals surface area contributed by atoms with E-state index >= 15 is 0 Å². The fraction of sp³-hybridized carbons (Fsp3) is 0. The highest BCUT2D eigenvalue weighted by molar-refractivity contribution is 6.03. The Bertz CT molecular complexity index is 632. The first-order valence-corrected chi connectivity index (χ1v) is 4.97. The van der Waals surface area contributed by atoms with Crippen LogP contribution in [0.5, 0.6) is 0 Å². The van der Waals surface area contributed by atoms with E-state index in [2.05, 4.69) is 4.98 Å². The second kappa shape index (κ2) is 4.64. The second-order valence-electron chi connectivity index (χ2n) is 3.46. The highest BCUT2D eigenvalue weighted by atomic mass is 16.6. The van der Waals surface area contributed by atoms with Gasteiger partial charge in [0.1, 0.15) is 6.33 Å². The first-order valence-electron chi connectivity index (χ1n) is 4.97. The minimum absolute atomic E-state index is 0.574. The van der Waals surface area contributed by atoms with Gasteiger partial charge in [-0.15, -0.1) is 0 Å². The Labute approximate surface area is 105 Å². The highest BCUT2D eigenvalue weighted by Gasteiger charge is 2.31. The van der Waals surface area contributed by atoms with Crippen molar-refractivity contribution in [1.82, 2.24) is 9.55 Å². The molecule has 0 atom stereocenters. The molecule has 9 nitrogen and oxygen atoms in total. The minimum Gasteiger partial charge on any atom is -0.272 e. The van der Waals surface area contributed by atoms with Crippen LogP contribution in [-0.4, -0.2) is 25.3 Å². The van der Waals surface area contributed by atoms with Gasteiger partial charge in [0.05, 0.1) is 9.85 Å². The molecule has 0 saturated heterocycles. The van der Waals surface area contributed by atoms with Gasteiger partial charge in [-0.2, -0.15) is 0 Å². The molecule has 0 radical (unpaired) electrons. The van der Waals surface area contributed by atoms with E-state index in [1.807, 2.05) is 0 Å². The first-order chi connectivity index (χ1) is 9.02. The summed E-state index contributed by atoms with van der Waals surface area (Å²) < 4.78 is 0.940. The van der Waals surface area contributed by atoms with E-state index in [1.54, 1.807) is 0 Å². The maximum atomic E-state index is 12.1. The van der Waals surface area contributed by atoms with Crippen molar-refractivity contribution in [2.45, 2.75) is 0 Å². The van der Waals surface area contributed by atoms with Crippen LogP contribution in [0, 0.1) is 20.2 Å². The van der Waals surface area contributed by atoms with E-state index in [9.17, 15) is 25.0 Å². The molecule has 1 aromatic carbocycles. The van der Waals surface area contributed by atoms with E-state index in [0.717, 1.165) is 29.1 Å². The van der Waals surface area contributed by atoms with Gasteiger partial charge in [0.2, 0.25) is 0 Å². The van der Waals surface area contributed by atoms with Crippen molar-refractivity contribution in [3.8, 4) is 0 Å². The molecular formula is C10H6N4O5. The molecule has 96 valence electrons. The van der Waals surface area contributed by atoms with Crippen molar-refractivity contribution >= 4 is 17.3 Å². The molecule has 0 aliphatic carbocycles. The molecular weight excluding hydrogens is 256 g/mol. The number of carbonyl (C=O) groups excluding carboxylic acids is 1. The van der Waals surface area contributed by atoms with Gasteiger partial charge < -0.3 is 0 Å². The van der Waals surface area contributed by atoms with Crippen molar-refractivity contribution in [2.24, 2.45) is 0 Å². The fourth-order valence-corrected chi connectivity index (χ4v) is 1.56. The molecule has 9 heteroatoms. The van der Waals surface area contributed by atoms with Gasteiger partial charge in [-0.05, 0) is 6.07 Å². The van der Waals surface area contributed by atoms with Crippen molar-refractivity contribution in [3.05, 3.63) is 62.7 Å². The molecule has 0 spiro atoms. The topological polar surface area (TPSA) is 121 Å². The van der Waals surface area contributed by atoms with E-state index in [4.69, 9.17) is 0 Å². The van der Waals surface area contributed by atoms with Crippen LogP contribution >= 0.6 is 0 Å². The average molecular weight is 262 g/mol. The summed E-state index contributed by atoms with van der Waals surface area (Å²) in [4.78, 5) is 35.8. The lowest BCUT2D eigenvalue weighted by Crippen LogP contribution is -2.14. The molecule has 0 unspecified atom stereocenters. The van der Waals surface area contributed by atoms with E-state index < -0.39 is 32.7 Å². The smallest absolute Gasteiger partial charge is 0.272 e. The van der Waals surface area contributed by atoms with Gasteiger partial charge in [-0.25, -0.2) is 4.98 Å². The zero-order valence-electron chi connectivity index (χ0n) is 9.29. The number of carbonyl (C=O) groups is 1. The number of hydrogen-bond acceptors (Lipinski definition) is 6. The SMILES string of the molecule is O=C(c1c([N+](=O)[O-])cccc1[N+](=O)[O-])n1ccnc1. The van der Waals surface area contributed by atoms with Crippen LogP contribution in [0.2, 0.25) is 0 Å². The van der Waals surface area contributed by atoms with Crippen LogP contribution in [0.3, 0.4) is 0 Å². The van der Waals surface area contributed by atoms with Crippen LogP contribution in [0.4, 0.5) is 11.4 Å². The molecule has 19 heavy (non-hydrogen) atoms. The summed E-state index contributed by atoms with van der Waals surface area (Å²) in [6, 6.07) is 3.23. The lowest BCUT2D eigenvalue weighted by molar-refractivity contribution is -0.394. The summed E-state index contributed by atoms with van der Waals surface area (Å²) in [5.41, 5.74) is -1.81. The molecule has 1 heterocycles. The number of imidazole rings is 1. The Balaban J connectivity index is 2.68. The molecule has 0 saturated carbocycles. The van der Waals surface area contributed by atoms with Crippen LogP contribution in [0.25, 0.3) is 0 Å². The van der Waals surface area contributed by atoms with Gasteiger partial charge in [0, 0.05) is 24.5 Å². The Morgan fingerprint density at radius 3 is 2.16 bits per heavy atom. The highest BCUT2D eigenvalue weighted by Crippen LogP contribution is 2.28. The predicted octanol–water partition coefficient (Wildman–Crippen LogP) is 1.39. The summed E-state index contributed by atoms with van der Waals surface area (Å²) >= 11 is 0. The van der Waals surface area contributed by atoms with Gasteiger partial charge >= 0.3 is 0 Å². The van der Waals surface area contributed by atoms with Gasteiger partial charge in [0.25, 0.3) is 17.3 Å². The molecule has 1 aromatic heterocycles. The Morgan fingerprint density at radius 2 is 1.74 bits per heavy atom. The molecule has 0 aliphatic heterocycles. The summed E-state index contributed by atoms with van der Waals surface area (Å²) in [5, 5.41) is 21.8. The molecule has 0 amide bonds. The van der Waals surface area contributed by atoms with E-state index in [0.29, 0.717) is 0 Å². The van der Waals surface area contributed by atoms with Gasteiger partial charge in [-0.1, -0.05) is 0 Å². The normalized spacial score (nSPS) is 10.1. The predicted molar refractivity (Wildman–Crippen MR) is 61.7 cm³/mol. The summed E-state index contributed by atoms with van der Waals surface area (Å²) in [6.45, 7) is 0. The standard InChI is InChI=1S/C10H6N4O5/c15-10(12-5-4-11-6-12)9-7(13(16)17)2-1-3-8(9)14(18)19/h1-6H. The second-order valence-corrected chi connectivity index (χ2v) is 3.46. The van der Waals surface area contributed by atoms with Crippen molar-refractivity contribution in [1.29, 1.82) is 0 Å². The zero-order valence-corrected chi connectivity index (χ0v) is 9.29. The van der Waals surface area contributed by atoms with Crippen LogP contribution in [0.1, 0.15) is 10.4 Å². The molecule has 0 N–H and O–H groups in total. The number of rotatable bonds is 3. The number of nitro benzene ring substituents is 2. The maximum absolute atomic E-state index is 12.1. The average Bonchev–Trinajstić information content (AvgIpc) is 2.90. The molecule has 0 aliphatic rings. The summed E-state index contributed by atoms with van der Waals surface area (Å²) in [6.07, 6.45) is 3.66. The molecule has 2 aromatic rings. The Hall–Kier alpha value is -3.10. The van der Waals surface area contributed by atoms with Crippen LogP contribution in [-0.2, 0) is 0 Å². The number of nitrogens with zero attached hydrogens (tertiary/aromatic N) is 4. The number of aromatic nitrogens is 2. The van der Waals surface area contributed by atoms with E-state index in [-0.39, 0.29) is 0 Å². The lowest BCUT2D eigenvalue weighted by Gasteiger charge is -2.03. The monoisotopic (exact) mass is 262 g/mol. The molecule has 2 rings (SSSR count). The third kappa shape index (κ3) is 2.16.